The molecular weight excluding hydrogens is 549 g/mol. The highest BCUT2D eigenvalue weighted by Gasteiger charge is 2.28. The van der Waals surface area contributed by atoms with E-state index in [1.54, 1.807) is 24.3 Å². The number of carbonyl (C=O) groups is 2. The van der Waals surface area contributed by atoms with Crippen molar-refractivity contribution < 1.29 is 19.1 Å². The predicted molar refractivity (Wildman–Crippen MR) is 159 cm³/mol. The number of fused-ring (bicyclic) bond motifs is 1. The number of unbranched alkanes of at least 4 members (excludes halogenated alkanes) is 1. The molecule has 0 radical (unpaired) electrons. The lowest BCUT2D eigenvalue weighted by Gasteiger charge is -2.36. The minimum absolute atomic E-state index is 0.0423. The highest BCUT2D eigenvalue weighted by molar-refractivity contribution is 6.43. The molecule has 0 aliphatic carbocycles. The summed E-state index contributed by atoms with van der Waals surface area (Å²) in [7, 11) is 0. The molecule has 0 bridgehead atoms. The fourth-order valence-electron chi connectivity index (χ4n) is 5.08. The van der Waals surface area contributed by atoms with Gasteiger partial charge < -0.3 is 19.7 Å². The first-order valence-corrected chi connectivity index (χ1v) is 14.4. The Balaban J connectivity index is 1.01. The zero-order valence-electron chi connectivity index (χ0n) is 22.3. The van der Waals surface area contributed by atoms with Gasteiger partial charge in [0.2, 0.25) is 5.91 Å². The molecule has 1 N–H and O–H groups in total. The average Bonchev–Trinajstić information content (AvgIpc) is 2.98. The van der Waals surface area contributed by atoms with Crippen molar-refractivity contribution in [1.29, 1.82) is 0 Å². The van der Waals surface area contributed by atoms with Crippen LogP contribution in [0.3, 0.4) is 0 Å². The number of carbonyl (C=O) groups excluding carboxylic acids is 2. The van der Waals surface area contributed by atoms with Crippen LogP contribution in [0, 0.1) is 5.92 Å². The molecule has 1 unspecified atom stereocenters. The number of rotatable bonds is 10. The van der Waals surface area contributed by atoms with Crippen LogP contribution in [0.15, 0.2) is 66.7 Å². The van der Waals surface area contributed by atoms with E-state index < -0.39 is 11.9 Å². The van der Waals surface area contributed by atoms with Crippen LogP contribution in [0.2, 0.25) is 10.0 Å². The second-order valence-corrected chi connectivity index (χ2v) is 10.9. The summed E-state index contributed by atoms with van der Waals surface area (Å²) < 4.78 is 11.4. The number of amides is 1. The van der Waals surface area contributed by atoms with Crippen molar-refractivity contribution in [2.45, 2.75) is 19.3 Å². The third kappa shape index (κ3) is 7.08. The maximum atomic E-state index is 12.6. The lowest BCUT2D eigenvalue weighted by Crippen LogP contribution is -2.46. The van der Waals surface area contributed by atoms with Gasteiger partial charge in [-0.15, -0.1) is 0 Å². The SMILES string of the molecule is O=C(OCC1Cc2ccc(OCCCCN3CCN(c4cccc(Cl)c4Cl)CC3)cc2NC1=O)c1ccccc1. The van der Waals surface area contributed by atoms with E-state index in [1.165, 1.54) is 0 Å². The van der Waals surface area contributed by atoms with Gasteiger partial charge in [-0.3, -0.25) is 9.69 Å². The van der Waals surface area contributed by atoms with Crippen molar-refractivity contribution in [1.82, 2.24) is 4.90 Å². The van der Waals surface area contributed by atoms with E-state index in [1.807, 2.05) is 42.5 Å². The Morgan fingerprint density at radius 2 is 1.75 bits per heavy atom. The van der Waals surface area contributed by atoms with Crippen molar-refractivity contribution in [2.75, 3.05) is 56.2 Å². The number of nitrogens with zero attached hydrogens (tertiary/aromatic N) is 2. The average molecular weight is 583 g/mol. The summed E-state index contributed by atoms with van der Waals surface area (Å²) in [6, 6.07) is 20.3. The number of ether oxygens (including phenoxy) is 2. The van der Waals surface area contributed by atoms with E-state index in [2.05, 4.69) is 15.1 Å². The summed E-state index contributed by atoms with van der Waals surface area (Å²) >= 11 is 12.6. The van der Waals surface area contributed by atoms with E-state index in [-0.39, 0.29) is 12.5 Å². The number of esters is 1. The van der Waals surface area contributed by atoms with Crippen LogP contribution in [0.25, 0.3) is 0 Å². The summed E-state index contributed by atoms with van der Waals surface area (Å²) in [6.45, 7) is 5.50. The first-order chi connectivity index (χ1) is 19.5. The Morgan fingerprint density at radius 1 is 0.950 bits per heavy atom. The minimum atomic E-state index is -0.423. The fourth-order valence-corrected chi connectivity index (χ4v) is 5.49. The van der Waals surface area contributed by atoms with Crippen LogP contribution in [-0.4, -0.2) is 62.7 Å². The van der Waals surface area contributed by atoms with Gasteiger partial charge in [-0.2, -0.15) is 0 Å². The Labute approximate surface area is 245 Å². The molecule has 1 atom stereocenters. The second kappa shape index (κ2) is 13.4. The Morgan fingerprint density at radius 3 is 2.55 bits per heavy atom. The third-order valence-electron chi connectivity index (χ3n) is 7.38. The lowest BCUT2D eigenvalue weighted by atomic mass is 9.93. The van der Waals surface area contributed by atoms with E-state index in [0.29, 0.717) is 28.6 Å². The maximum Gasteiger partial charge on any atom is 0.338 e. The van der Waals surface area contributed by atoms with Gasteiger partial charge in [-0.25, -0.2) is 4.79 Å². The van der Waals surface area contributed by atoms with Gasteiger partial charge in [-0.1, -0.05) is 53.5 Å². The summed E-state index contributed by atoms with van der Waals surface area (Å²) in [5, 5.41) is 4.16. The number of nitrogens with one attached hydrogen (secondary N) is 1. The zero-order valence-corrected chi connectivity index (χ0v) is 23.8. The summed E-state index contributed by atoms with van der Waals surface area (Å²) in [5.74, 6) is -0.257. The van der Waals surface area contributed by atoms with Crippen LogP contribution in [0.4, 0.5) is 11.4 Å². The Hall–Kier alpha value is -3.26. The number of anilines is 2. The summed E-state index contributed by atoms with van der Waals surface area (Å²) in [4.78, 5) is 29.6. The van der Waals surface area contributed by atoms with Gasteiger partial charge in [-0.05, 0) is 61.7 Å². The molecule has 3 aromatic rings. The molecule has 2 aliphatic heterocycles. The first-order valence-electron chi connectivity index (χ1n) is 13.7. The predicted octanol–water partition coefficient (Wildman–Crippen LogP) is 5.94. The molecule has 3 aromatic carbocycles. The van der Waals surface area contributed by atoms with Crippen LogP contribution in [0.5, 0.6) is 5.75 Å². The minimum Gasteiger partial charge on any atom is -0.494 e. The second-order valence-electron chi connectivity index (χ2n) is 10.1. The van der Waals surface area contributed by atoms with Crippen LogP contribution in [-0.2, 0) is 16.0 Å². The van der Waals surface area contributed by atoms with Gasteiger partial charge in [0, 0.05) is 37.9 Å². The molecule has 2 heterocycles. The largest absolute Gasteiger partial charge is 0.494 e. The van der Waals surface area contributed by atoms with E-state index in [0.717, 1.165) is 68.3 Å². The van der Waals surface area contributed by atoms with Crippen LogP contribution < -0.4 is 15.0 Å². The molecule has 7 nitrogen and oxygen atoms in total. The molecule has 2 aliphatic rings. The number of piperazine rings is 1. The van der Waals surface area contributed by atoms with Gasteiger partial charge in [0.1, 0.15) is 12.4 Å². The van der Waals surface area contributed by atoms with Gasteiger partial charge in [0.25, 0.3) is 0 Å². The molecule has 1 saturated heterocycles. The topological polar surface area (TPSA) is 71.1 Å². The van der Waals surface area contributed by atoms with Crippen molar-refractivity contribution in [3.63, 3.8) is 0 Å². The normalized spacial score (nSPS) is 17.2. The quantitative estimate of drug-likeness (QED) is 0.236. The molecule has 0 saturated carbocycles. The van der Waals surface area contributed by atoms with Crippen LogP contribution in [0.1, 0.15) is 28.8 Å². The monoisotopic (exact) mass is 581 g/mol. The van der Waals surface area contributed by atoms with Crippen molar-refractivity contribution >= 4 is 46.5 Å². The number of benzene rings is 3. The molecule has 0 aromatic heterocycles. The zero-order chi connectivity index (χ0) is 27.9. The maximum absolute atomic E-state index is 12.6. The number of hydrogen-bond donors (Lipinski definition) is 1. The third-order valence-corrected chi connectivity index (χ3v) is 8.19. The molecular formula is C31H33Cl2N3O4. The van der Waals surface area contributed by atoms with Gasteiger partial charge >= 0.3 is 5.97 Å². The molecule has 1 amide bonds. The van der Waals surface area contributed by atoms with Gasteiger partial charge in [0.15, 0.2) is 0 Å². The lowest BCUT2D eigenvalue weighted by molar-refractivity contribution is -0.121. The molecule has 1 fully saturated rings. The summed E-state index contributed by atoms with van der Waals surface area (Å²) in [5.41, 5.74) is 3.24. The summed E-state index contributed by atoms with van der Waals surface area (Å²) in [6.07, 6.45) is 2.50. The van der Waals surface area contributed by atoms with E-state index >= 15 is 0 Å². The Bertz CT molecular complexity index is 1330. The van der Waals surface area contributed by atoms with Gasteiger partial charge in [0.05, 0.1) is 33.8 Å². The Kier molecular flexibility index (Phi) is 9.47. The molecule has 40 heavy (non-hydrogen) atoms. The van der Waals surface area contributed by atoms with E-state index in [9.17, 15) is 9.59 Å². The van der Waals surface area contributed by atoms with Crippen molar-refractivity contribution in [3.05, 3.63) is 87.9 Å². The number of hydrogen-bond acceptors (Lipinski definition) is 6. The van der Waals surface area contributed by atoms with Crippen molar-refractivity contribution in [3.8, 4) is 5.75 Å². The van der Waals surface area contributed by atoms with Crippen molar-refractivity contribution in [2.24, 2.45) is 5.92 Å². The highest BCUT2D eigenvalue weighted by atomic mass is 35.5. The fraction of sp³-hybridized carbons (Fsp3) is 0.355. The highest BCUT2D eigenvalue weighted by Crippen LogP contribution is 2.33. The van der Waals surface area contributed by atoms with E-state index in [4.69, 9.17) is 32.7 Å². The number of halogens is 2. The molecule has 9 heteroatoms. The molecule has 5 rings (SSSR count). The standard InChI is InChI=1S/C31H33Cl2N3O4/c32-26-9-6-10-28(29(26)33)36-16-14-35(15-17-36)13-4-5-18-39-25-12-11-23-19-24(30(37)34-27(23)20-25)21-40-31(38)22-7-2-1-3-8-22/h1-3,6-12,20,24H,4-5,13-19,21H2,(H,34,37). The molecule has 210 valence electrons. The first kappa shape index (κ1) is 28.3. The smallest absolute Gasteiger partial charge is 0.338 e. The van der Waals surface area contributed by atoms with Crippen LogP contribution >= 0.6 is 23.2 Å². The molecule has 0 spiro atoms.